The van der Waals surface area contributed by atoms with Gasteiger partial charge in [0.05, 0.1) is 12.3 Å². The van der Waals surface area contributed by atoms with Gasteiger partial charge in [-0.1, -0.05) is 20.8 Å². The summed E-state index contributed by atoms with van der Waals surface area (Å²) in [4.78, 5) is 4.40. The maximum Gasteiger partial charge on any atom is 0.152 e. The summed E-state index contributed by atoms with van der Waals surface area (Å²) in [5, 5.41) is 7.94. The van der Waals surface area contributed by atoms with Gasteiger partial charge in [0.2, 0.25) is 0 Å². The summed E-state index contributed by atoms with van der Waals surface area (Å²) in [5.41, 5.74) is 7.98. The van der Waals surface area contributed by atoms with E-state index < -0.39 is 0 Å². The number of hydrogen-bond donors (Lipinski definition) is 2. The maximum atomic E-state index is 5.92. The molecule has 0 bridgehead atoms. The molecule has 2 rings (SSSR count). The van der Waals surface area contributed by atoms with Crippen molar-refractivity contribution in [2.75, 3.05) is 25.6 Å². The first-order valence-electron chi connectivity index (χ1n) is 7.25. The molecule has 0 aromatic carbocycles. The highest BCUT2D eigenvalue weighted by Crippen LogP contribution is 2.24. The Hall–Kier alpha value is -1.66. The van der Waals surface area contributed by atoms with E-state index >= 15 is 0 Å². The average molecular weight is 291 g/mol. The summed E-state index contributed by atoms with van der Waals surface area (Å²) in [6.45, 7) is 7.78. The van der Waals surface area contributed by atoms with Crippen molar-refractivity contribution >= 4 is 11.3 Å². The molecule has 0 aliphatic carbocycles. The van der Waals surface area contributed by atoms with Gasteiger partial charge in [-0.15, -0.1) is 0 Å². The van der Waals surface area contributed by atoms with Gasteiger partial charge in [-0.05, 0) is 12.5 Å². The zero-order valence-electron chi connectivity index (χ0n) is 13.3. The highest BCUT2D eigenvalue weighted by molar-refractivity contribution is 5.68. The van der Waals surface area contributed by atoms with E-state index in [0.29, 0.717) is 6.61 Å². The summed E-state index contributed by atoms with van der Waals surface area (Å²) in [6.07, 6.45) is 4.45. The standard InChI is InChI=1S/C15H25N5O/c1-15(2,3)13-9-12-14(18-7-8-20(12)19-13)17-6-5-11(16)10-21-4/h7-9,11H,5-6,10,16H2,1-4H3,(H,17,18). The second-order valence-corrected chi connectivity index (χ2v) is 6.32. The van der Waals surface area contributed by atoms with E-state index in [1.54, 1.807) is 13.3 Å². The highest BCUT2D eigenvalue weighted by Gasteiger charge is 2.19. The summed E-state index contributed by atoms with van der Waals surface area (Å²) < 4.78 is 6.90. The molecule has 0 spiro atoms. The molecule has 6 nitrogen and oxygen atoms in total. The number of rotatable bonds is 6. The Kier molecular flexibility index (Phi) is 4.80. The number of anilines is 1. The van der Waals surface area contributed by atoms with E-state index in [-0.39, 0.29) is 11.5 Å². The number of methoxy groups -OCH3 is 1. The molecule has 0 saturated heterocycles. The number of nitrogens with zero attached hydrogens (tertiary/aromatic N) is 3. The molecule has 6 heteroatoms. The zero-order chi connectivity index (χ0) is 15.5. The number of nitrogens with one attached hydrogen (secondary N) is 1. The molecule has 1 atom stereocenters. The Bertz CT molecular complexity index is 587. The number of hydrogen-bond acceptors (Lipinski definition) is 5. The quantitative estimate of drug-likeness (QED) is 0.848. The summed E-state index contributed by atoms with van der Waals surface area (Å²) in [5.74, 6) is 0.838. The van der Waals surface area contributed by atoms with E-state index in [4.69, 9.17) is 10.5 Å². The predicted octanol–water partition coefficient (Wildman–Crippen LogP) is 1.80. The van der Waals surface area contributed by atoms with Crippen molar-refractivity contribution in [3.8, 4) is 0 Å². The van der Waals surface area contributed by atoms with Crippen LogP contribution in [0, 0.1) is 0 Å². The maximum absolute atomic E-state index is 5.92. The van der Waals surface area contributed by atoms with Crippen LogP contribution in [0.15, 0.2) is 18.5 Å². The van der Waals surface area contributed by atoms with Gasteiger partial charge >= 0.3 is 0 Å². The third kappa shape index (κ3) is 3.92. The molecule has 0 aliphatic heterocycles. The van der Waals surface area contributed by atoms with Crippen molar-refractivity contribution in [1.29, 1.82) is 0 Å². The van der Waals surface area contributed by atoms with Crippen LogP contribution in [-0.4, -0.2) is 40.9 Å². The molecule has 2 aromatic heterocycles. The lowest BCUT2D eigenvalue weighted by molar-refractivity contribution is 0.178. The predicted molar refractivity (Wildman–Crippen MR) is 84.6 cm³/mol. The van der Waals surface area contributed by atoms with Crippen molar-refractivity contribution in [1.82, 2.24) is 14.6 Å². The van der Waals surface area contributed by atoms with Gasteiger partial charge in [-0.2, -0.15) is 5.10 Å². The molecular weight excluding hydrogens is 266 g/mol. The van der Waals surface area contributed by atoms with Crippen LogP contribution < -0.4 is 11.1 Å². The van der Waals surface area contributed by atoms with E-state index in [1.165, 1.54) is 0 Å². The van der Waals surface area contributed by atoms with Gasteiger partial charge in [0.1, 0.15) is 5.52 Å². The number of ether oxygens (including phenoxy) is 1. The average Bonchev–Trinajstić information content (AvgIpc) is 2.84. The normalized spacial score (nSPS) is 13.6. The van der Waals surface area contributed by atoms with E-state index in [0.717, 1.165) is 30.0 Å². The minimum Gasteiger partial charge on any atom is -0.383 e. The molecule has 116 valence electrons. The van der Waals surface area contributed by atoms with Crippen LogP contribution in [0.1, 0.15) is 32.9 Å². The Morgan fingerprint density at radius 1 is 1.43 bits per heavy atom. The minimum atomic E-state index is 0.0180. The van der Waals surface area contributed by atoms with Crippen molar-refractivity contribution in [2.24, 2.45) is 5.73 Å². The van der Waals surface area contributed by atoms with Crippen LogP contribution in [0.3, 0.4) is 0 Å². The smallest absolute Gasteiger partial charge is 0.152 e. The summed E-state index contributed by atoms with van der Waals surface area (Å²) in [7, 11) is 1.66. The Morgan fingerprint density at radius 3 is 2.86 bits per heavy atom. The van der Waals surface area contributed by atoms with Gasteiger partial charge < -0.3 is 15.8 Å². The molecule has 21 heavy (non-hydrogen) atoms. The summed E-state index contributed by atoms with van der Waals surface area (Å²) >= 11 is 0. The molecule has 0 saturated carbocycles. The third-order valence-corrected chi connectivity index (χ3v) is 3.35. The first kappa shape index (κ1) is 15.7. The van der Waals surface area contributed by atoms with Crippen molar-refractivity contribution in [3.63, 3.8) is 0 Å². The van der Waals surface area contributed by atoms with Gasteiger partial charge in [0.15, 0.2) is 5.82 Å². The van der Waals surface area contributed by atoms with Crippen LogP contribution >= 0.6 is 0 Å². The molecule has 0 radical (unpaired) electrons. The van der Waals surface area contributed by atoms with Crippen LogP contribution in [0.5, 0.6) is 0 Å². The molecule has 0 amide bonds. The van der Waals surface area contributed by atoms with Crippen LogP contribution in [0.4, 0.5) is 5.82 Å². The molecule has 1 unspecified atom stereocenters. The van der Waals surface area contributed by atoms with Crippen LogP contribution in [-0.2, 0) is 10.2 Å². The topological polar surface area (TPSA) is 77.5 Å². The minimum absolute atomic E-state index is 0.0180. The third-order valence-electron chi connectivity index (χ3n) is 3.35. The van der Waals surface area contributed by atoms with Gasteiger partial charge in [0.25, 0.3) is 0 Å². The zero-order valence-corrected chi connectivity index (χ0v) is 13.3. The first-order chi connectivity index (χ1) is 9.91. The molecule has 2 heterocycles. The number of aromatic nitrogens is 3. The lowest BCUT2D eigenvalue weighted by Gasteiger charge is -2.13. The number of fused-ring (bicyclic) bond motifs is 1. The lowest BCUT2D eigenvalue weighted by atomic mass is 9.92. The Balaban J connectivity index is 2.11. The Labute approximate surface area is 125 Å². The van der Waals surface area contributed by atoms with E-state index in [9.17, 15) is 0 Å². The number of nitrogens with two attached hydrogens (primary N) is 1. The van der Waals surface area contributed by atoms with Gasteiger partial charge in [0, 0.05) is 37.5 Å². The second kappa shape index (κ2) is 6.41. The van der Waals surface area contributed by atoms with Crippen molar-refractivity contribution in [2.45, 2.75) is 38.6 Å². The van der Waals surface area contributed by atoms with Crippen molar-refractivity contribution in [3.05, 3.63) is 24.2 Å². The Morgan fingerprint density at radius 2 is 2.19 bits per heavy atom. The monoisotopic (exact) mass is 291 g/mol. The molecule has 0 aliphatic rings. The van der Waals surface area contributed by atoms with Crippen molar-refractivity contribution < 1.29 is 4.74 Å². The highest BCUT2D eigenvalue weighted by atomic mass is 16.5. The van der Waals surface area contributed by atoms with Crippen LogP contribution in [0.2, 0.25) is 0 Å². The van der Waals surface area contributed by atoms with Gasteiger partial charge in [-0.25, -0.2) is 9.50 Å². The fraction of sp³-hybridized carbons (Fsp3) is 0.600. The molecule has 2 aromatic rings. The van der Waals surface area contributed by atoms with Gasteiger partial charge in [-0.3, -0.25) is 0 Å². The summed E-state index contributed by atoms with van der Waals surface area (Å²) in [6, 6.07) is 2.13. The largest absolute Gasteiger partial charge is 0.383 e. The fourth-order valence-corrected chi connectivity index (χ4v) is 2.10. The first-order valence-corrected chi connectivity index (χ1v) is 7.25. The van der Waals surface area contributed by atoms with E-state index in [1.807, 2.05) is 10.7 Å². The SMILES string of the molecule is COCC(N)CCNc1nccn2nc(C(C)(C)C)cc12. The van der Waals surface area contributed by atoms with E-state index in [2.05, 4.69) is 42.2 Å². The second-order valence-electron chi connectivity index (χ2n) is 6.32. The molecular formula is C15H25N5O. The molecule has 3 N–H and O–H groups in total. The lowest BCUT2D eigenvalue weighted by Crippen LogP contribution is -2.28. The van der Waals surface area contributed by atoms with Crippen LogP contribution in [0.25, 0.3) is 5.52 Å². The molecule has 0 fully saturated rings. The fourth-order valence-electron chi connectivity index (χ4n) is 2.10.